The van der Waals surface area contributed by atoms with Crippen molar-refractivity contribution in [3.63, 3.8) is 0 Å². The largest absolute Gasteiger partial charge is 0.444 e. The number of ether oxygens (including phenoxy) is 1. The minimum Gasteiger partial charge on any atom is -0.444 e. The molecule has 21 heavy (non-hydrogen) atoms. The monoisotopic (exact) mass is 292 g/mol. The maximum absolute atomic E-state index is 12.0. The molecule has 0 radical (unpaired) electrons. The molecule has 0 aromatic carbocycles. The lowest BCUT2D eigenvalue weighted by atomic mass is 10.2. The summed E-state index contributed by atoms with van der Waals surface area (Å²) in [5, 5.41) is 0. The summed E-state index contributed by atoms with van der Waals surface area (Å²) in [6.07, 6.45) is 3.19. The van der Waals surface area contributed by atoms with Crippen LogP contribution in [0.3, 0.4) is 0 Å². The first-order valence-electron chi connectivity index (χ1n) is 7.24. The third-order valence-electron chi connectivity index (χ3n) is 3.36. The van der Waals surface area contributed by atoms with E-state index in [1.807, 2.05) is 26.8 Å². The molecule has 1 fully saturated rings. The topological polar surface area (TPSA) is 71.7 Å². The Morgan fingerprint density at radius 1 is 1.33 bits per heavy atom. The second-order valence-corrected chi connectivity index (χ2v) is 6.32. The number of nitrogens with zero attached hydrogens (tertiary/aromatic N) is 3. The summed E-state index contributed by atoms with van der Waals surface area (Å²) in [4.78, 5) is 20.0. The van der Waals surface area contributed by atoms with Gasteiger partial charge in [-0.05, 0) is 32.4 Å². The Kier molecular flexibility index (Phi) is 4.67. The minimum atomic E-state index is -0.445. The number of rotatable bonds is 2. The molecule has 1 amide bonds. The van der Waals surface area contributed by atoms with Gasteiger partial charge in [-0.15, -0.1) is 0 Å². The van der Waals surface area contributed by atoms with Gasteiger partial charge in [0.25, 0.3) is 0 Å². The molecule has 1 aromatic heterocycles. The smallest absolute Gasteiger partial charge is 0.410 e. The zero-order valence-electron chi connectivity index (χ0n) is 13.0. The number of amides is 1. The van der Waals surface area contributed by atoms with Crippen LogP contribution in [0.1, 0.15) is 26.3 Å². The average Bonchev–Trinajstić information content (AvgIpc) is 2.40. The van der Waals surface area contributed by atoms with Gasteiger partial charge in [0.1, 0.15) is 5.60 Å². The van der Waals surface area contributed by atoms with Gasteiger partial charge in [0.2, 0.25) is 0 Å². The van der Waals surface area contributed by atoms with Gasteiger partial charge >= 0.3 is 6.09 Å². The van der Waals surface area contributed by atoms with E-state index in [9.17, 15) is 4.79 Å². The molecule has 2 N–H and O–H groups in total. The number of nitrogen functional groups attached to an aromatic ring is 1. The van der Waals surface area contributed by atoms with Crippen LogP contribution in [0.4, 0.5) is 10.5 Å². The Morgan fingerprint density at radius 3 is 2.57 bits per heavy atom. The summed E-state index contributed by atoms with van der Waals surface area (Å²) in [5.74, 6) is 0. The van der Waals surface area contributed by atoms with E-state index in [4.69, 9.17) is 10.5 Å². The highest BCUT2D eigenvalue weighted by atomic mass is 16.6. The Labute approximate surface area is 125 Å². The highest BCUT2D eigenvalue weighted by Crippen LogP contribution is 2.15. The third kappa shape index (κ3) is 4.60. The van der Waals surface area contributed by atoms with Crippen LogP contribution < -0.4 is 5.73 Å². The first-order chi connectivity index (χ1) is 9.85. The summed E-state index contributed by atoms with van der Waals surface area (Å²) in [6, 6.07) is 1.94. The number of hydrogen-bond acceptors (Lipinski definition) is 5. The van der Waals surface area contributed by atoms with Crippen LogP contribution >= 0.6 is 0 Å². The fraction of sp³-hybridized carbons (Fsp3) is 0.600. The summed E-state index contributed by atoms with van der Waals surface area (Å²) >= 11 is 0. The first-order valence-corrected chi connectivity index (χ1v) is 7.24. The Bertz CT molecular complexity index is 491. The quantitative estimate of drug-likeness (QED) is 0.898. The first kappa shape index (κ1) is 15.6. The standard InChI is InChI=1S/C15H24N4O2/c1-15(2,3)21-14(20)19-8-6-18(7-9-19)11-12-4-5-17-10-13(12)16/h4-5,10H,6-9,11,16H2,1-3H3. The third-order valence-corrected chi connectivity index (χ3v) is 3.36. The molecular formula is C15H24N4O2. The molecule has 116 valence electrons. The van der Waals surface area contributed by atoms with E-state index in [0.29, 0.717) is 18.8 Å². The van der Waals surface area contributed by atoms with Gasteiger partial charge in [-0.25, -0.2) is 4.79 Å². The van der Waals surface area contributed by atoms with Crippen molar-refractivity contribution in [2.75, 3.05) is 31.9 Å². The van der Waals surface area contributed by atoms with E-state index < -0.39 is 5.60 Å². The van der Waals surface area contributed by atoms with Crippen LogP contribution in [0.15, 0.2) is 18.5 Å². The van der Waals surface area contributed by atoms with Gasteiger partial charge in [0, 0.05) is 38.9 Å². The number of pyridine rings is 1. The molecule has 0 aliphatic carbocycles. The fourth-order valence-corrected chi connectivity index (χ4v) is 2.24. The molecule has 1 saturated heterocycles. The Hall–Kier alpha value is -1.82. The number of carbonyl (C=O) groups is 1. The predicted octanol–water partition coefficient (Wildman–Crippen LogP) is 1.72. The average molecular weight is 292 g/mol. The predicted molar refractivity (Wildman–Crippen MR) is 81.7 cm³/mol. The van der Waals surface area contributed by atoms with Crippen LogP contribution in [-0.4, -0.2) is 52.7 Å². The molecule has 1 aromatic rings. The van der Waals surface area contributed by atoms with Crippen LogP contribution in [0.5, 0.6) is 0 Å². The van der Waals surface area contributed by atoms with Crippen molar-refractivity contribution in [1.82, 2.24) is 14.8 Å². The van der Waals surface area contributed by atoms with E-state index in [-0.39, 0.29) is 6.09 Å². The second kappa shape index (κ2) is 6.30. The molecule has 0 spiro atoms. The van der Waals surface area contributed by atoms with Crippen molar-refractivity contribution >= 4 is 11.8 Å². The molecule has 1 aliphatic heterocycles. The van der Waals surface area contributed by atoms with Crippen molar-refractivity contribution in [3.8, 4) is 0 Å². The molecule has 0 saturated carbocycles. The zero-order valence-corrected chi connectivity index (χ0v) is 13.0. The summed E-state index contributed by atoms with van der Waals surface area (Å²) in [6.45, 7) is 9.44. The van der Waals surface area contributed by atoms with Gasteiger partial charge in [-0.3, -0.25) is 9.88 Å². The molecule has 0 atom stereocenters. The van der Waals surface area contributed by atoms with E-state index in [0.717, 1.165) is 25.2 Å². The van der Waals surface area contributed by atoms with Crippen molar-refractivity contribution in [1.29, 1.82) is 0 Å². The van der Waals surface area contributed by atoms with Crippen LogP contribution in [-0.2, 0) is 11.3 Å². The van der Waals surface area contributed by atoms with Crippen LogP contribution in [0.25, 0.3) is 0 Å². The fourth-order valence-electron chi connectivity index (χ4n) is 2.24. The second-order valence-electron chi connectivity index (χ2n) is 6.32. The van der Waals surface area contributed by atoms with E-state index >= 15 is 0 Å². The van der Waals surface area contributed by atoms with E-state index in [1.54, 1.807) is 17.3 Å². The molecule has 1 aliphatic rings. The van der Waals surface area contributed by atoms with Crippen LogP contribution in [0.2, 0.25) is 0 Å². The number of piperazine rings is 1. The van der Waals surface area contributed by atoms with Crippen molar-refractivity contribution in [2.45, 2.75) is 32.9 Å². The Morgan fingerprint density at radius 2 is 2.00 bits per heavy atom. The van der Waals surface area contributed by atoms with Crippen molar-refractivity contribution in [2.24, 2.45) is 0 Å². The number of anilines is 1. The summed E-state index contributed by atoms with van der Waals surface area (Å²) in [5.41, 5.74) is 7.26. The van der Waals surface area contributed by atoms with Gasteiger partial charge in [0.05, 0.1) is 11.9 Å². The maximum Gasteiger partial charge on any atom is 0.410 e. The lowest BCUT2D eigenvalue weighted by Crippen LogP contribution is -2.49. The van der Waals surface area contributed by atoms with Crippen molar-refractivity contribution < 1.29 is 9.53 Å². The number of hydrogen-bond donors (Lipinski definition) is 1. The molecule has 6 nitrogen and oxygen atoms in total. The van der Waals surface area contributed by atoms with Crippen molar-refractivity contribution in [3.05, 3.63) is 24.0 Å². The highest BCUT2D eigenvalue weighted by Gasteiger charge is 2.25. The van der Waals surface area contributed by atoms with Gasteiger partial charge < -0.3 is 15.4 Å². The Balaban J connectivity index is 1.83. The summed E-state index contributed by atoms with van der Waals surface area (Å²) < 4.78 is 5.39. The van der Waals surface area contributed by atoms with Gasteiger partial charge in [-0.1, -0.05) is 0 Å². The molecule has 2 rings (SSSR count). The van der Waals surface area contributed by atoms with Crippen LogP contribution in [0, 0.1) is 0 Å². The zero-order chi connectivity index (χ0) is 15.5. The van der Waals surface area contributed by atoms with E-state index in [1.165, 1.54) is 0 Å². The highest BCUT2D eigenvalue weighted by molar-refractivity contribution is 5.68. The molecular weight excluding hydrogens is 268 g/mol. The normalized spacial score (nSPS) is 16.8. The number of nitrogens with two attached hydrogens (primary N) is 1. The molecule has 2 heterocycles. The van der Waals surface area contributed by atoms with Gasteiger partial charge in [-0.2, -0.15) is 0 Å². The number of aromatic nitrogens is 1. The molecule has 0 bridgehead atoms. The lowest BCUT2D eigenvalue weighted by Gasteiger charge is -2.35. The molecule has 0 unspecified atom stereocenters. The maximum atomic E-state index is 12.0. The number of carbonyl (C=O) groups excluding carboxylic acids is 1. The SMILES string of the molecule is CC(C)(C)OC(=O)N1CCN(Cc2ccncc2N)CC1. The lowest BCUT2D eigenvalue weighted by molar-refractivity contribution is 0.0139. The van der Waals surface area contributed by atoms with E-state index in [2.05, 4.69) is 9.88 Å². The summed E-state index contributed by atoms with van der Waals surface area (Å²) in [7, 11) is 0. The van der Waals surface area contributed by atoms with Gasteiger partial charge in [0.15, 0.2) is 0 Å². The minimum absolute atomic E-state index is 0.231. The molecule has 6 heteroatoms.